The first-order valence-corrected chi connectivity index (χ1v) is 8.63. The zero-order valence-corrected chi connectivity index (χ0v) is 15.7. The van der Waals surface area contributed by atoms with Crippen molar-refractivity contribution in [2.75, 3.05) is 47.5 Å². The summed E-state index contributed by atoms with van der Waals surface area (Å²) in [5.41, 5.74) is 0.900. The number of likely N-dealkylation sites (N-methyl/N-ethyl adjacent to an activating group) is 1. The molecule has 3 rings (SSSR count). The zero-order chi connectivity index (χ0) is 19.4. The first-order valence-electron chi connectivity index (χ1n) is 8.63. The quantitative estimate of drug-likeness (QED) is 0.710. The molecule has 9 nitrogen and oxygen atoms in total. The normalized spacial score (nSPS) is 14.0. The smallest absolute Gasteiger partial charge is 0.275 e. The third-order valence-corrected chi connectivity index (χ3v) is 4.57. The van der Waals surface area contributed by atoms with E-state index in [-0.39, 0.29) is 23.6 Å². The Hall–Kier alpha value is -2.94. The fourth-order valence-corrected chi connectivity index (χ4v) is 2.78. The Kier molecular flexibility index (Phi) is 5.70. The van der Waals surface area contributed by atoms with Crippen LogP contribution in [0.3, 0.4) is 0 Å². The van der Waals surface area contributed by atoms with E-state index in [2.05, 4.69) is 10.3 Å². The molecule has 1 aromatic heterocycles. The van der Waals surface area contributed by atoms with Crippen molar-refractivity contribution in [1.29, 1.82) is 0 Å². The number of carbonyl (C=O) groups is 2. The third-order valence-electron chi connectivity index (χ3n) is 4.57. The predicted molar refractivity (Wildman–Crippen MR) is 96.8 cm³/mol. The molecule has 144 valence electrons. The molecule has 1 aromatic carbocycles. The molecule has 0 aliphatic carbocycles. The van der Waals surface area contributed by atoms with E-state index in [1.807, 2.05) is 0 Å². The van der Waals surface area contributed by atoms with Gasteiger partial charge in [0, 0.05) is 39.4 Å². The van der Waals surface area contributed by atoms with E-state index in [4.69, 9.17) is 9.47 Å². The molecule has 1 saturated heterocycles. The van der Waals surface area contributed by atoms with E-state index in [1.165, 1.54) is 4.90 Å². The van der Waals surface area contributed by atoms with Crippen LogP contribution < -0.4 is 4.74 Å². The summed E-state index contributed by atoms with van der Waals surface area (Å²) in [6.45, 7) is 2.00. The van der Waals surface area contributed by atoms with Crippen molar-refractivity contribution < 1.29 is 19.1 Å². The Bertz CT molecular complexity index is 798. The molecule has 0 N–H and O–H groups in total. The highest BCUT2D eigenvalue weighted by atomic mass is 16.5. The van der Waals surface area contributed by atoms with E-state index < -0.39 is 0 Å². The average Bonchev–Trinajstić information content (AvgIpc) is 3.13. The van der Waals surface area contributed by atoms with Crippen LogP contribution in [-0.4, -0.2) is 84.1 Å². The lowest BCUT2D eigenvalue weighted by Crippen LogP contribution is -2.50. The minimum Gasteiger partial charge on any atom is -0.497 e. The lowest BCUT2D eigenvalue weighted by atomic mass is 10.1. The summed E-state index contributed by atoms with van der Waals surface area (Å²) in [7, 11) is 4.87. The third kappa shape index (κ3) is 4.08. The van der Waals surface area contributed by atoms with Gasteiger partial charge < -0.3 is 19.3 Å². The minimum atomic E-state index is -0.205. The highest BCUT2D eigenvalue weighted by Gasteiger charge is 2.33. The lowest BCUT2D eigenvalue weighted by Gasteiger charge is -2.38. The summed E-state index contributed by atoms with van der Waals surface area (Å²) in [6.07, 6.45) is 1.63. The van der Waals surface area contributed by atoms with E-state index >= 15 is 0 Å². The summed E-state index contributed by atoms with van der Waals surface area (Å²) in [5.74, 6) is 0.469. The Morgan fingerprint density at radius 2 is 1.93 bits per heavy atom. The van der Waals surface area contributed by atoms with Crippen molar-refractivity contribution in [3.63, 3.8) is 0 Å². The number of hydrogen-bond donors (Lipinski definition) is 0. The Labute approximate surface area is 157 Å². The monoisotopic (exact) mass is 373 g/mol. The number of methoxy groups -OCH3 is 2. The SMILES string of the molecule is COCCN(C)C(=O)c1cn(C2CN(C(=O)c3ccc(OC)cc3)C2)nn1. The Morgan fingerprint density at radius 3 is 2.56 bits per heavy atom. The molecule has 0 bridgehead atoms. The van der Waals surface area contributed by atoms with Gasteiger partial charge in [-0.15, -0.1) is 5.10 Å². The van der Waals surface area contributed by atoms with E-state index in [0.29, 0.717) is 37.6 Å². The van der Waals surface area contributed by atoms with Crippen LogP contribution in [0.1, 0.15) is 26.9 Å². The Morgan fingerprint density at radius 1 is 1.22 bits per heavy atom. The first-order chi connectivity index (χ1) is 13.0. The molecule has 0 radical (unpaired) electrons. The second-order valence-corrected chi connectivity index (χ2v) is 6.40. The topological polar surface area (TPSA) is 89.8 Å². The number of carbonyl (C=O) groups excluding carboxylic acids is 2. The predicted octanol–water partition coefficient (Wildman–Crippen LogP) is 0.702. The molecule has 1 aliphatic rings. The van der Waals surface area contributed by atoms with Crippen LogP contribution in [0.5, 0.6) is 5.75 Å². The molecule has 0 saturated carbocycles. The number of hydrogen-bond acceptors (Lipinski definition) is 6. The van der Waals surface area contributed by atoms with Crippen molar-refractivity contribution in [2.24, 2.45) is 0 Å². The molecule has 1 aliphatic heterocycles. The van der Waals surface area contributed by atoms with Gasteiger partial charge in [-0.1, -0.05) is 5.21 Å². The largest absolute Gasteiger partial charge is 0.497 e. The van der Waals surface area contributed by atoms with Gasteiger partial charge in [0.05, 0.1) is 26.0 Å². The maximum atomic E-state index is 12.5. The summed E-state index contributed by atoms with van der Waals surface area (Å²) >= 11 is 0. The maximum absolute atomic E-state index is 12.5. The molecule has 0 unspecified atom stereocenters. The van der Waals surface area contributed by atoms with Gasteiger partial charge in [0.1, 0.15) is 5.75 Å². The van der Waals surface area contributed by atoms with E-state index in [1.54, 1.807) is 61.3 Å². The molecule has 27 heavy (non-hydrogen) atoms. The van der Waals surface area contributed by atoms with Gasteiger partial charge in [-0.05, 0) is 24.3 Å². The number of amides is 2. The number of nitrogens with zero attached hydrogens (tertiary/aromatic N) is 5. The first kappa shape index (κ1) is 18.8. The van der Waals surface area contributed by atoms with Crippen molar-refractivity contribution >= 4 is 11.8 Å². The van der Waals surface area contributed by atoms with Crippen molar-refractivity contribution in [3.8, 4) is 5.75 Å². The van der Waals surface area contributed by atoms with Crippen LogP contribution in [0.2, 0.25) is 0 Å². The fourth-order valence-electron chi connectivity index (χ4n) is 2.78. The van der Waals surface area contributed by atoms with Gasteiger partial charge in [0.25, 0.3) is 11.8 Å². The van der Waals surface area contributed by atoms with Crippen LogP contribution in [0.4, 0.5) is 0 Å². The number of likely N-dealkylation sites (tertiary alicyclic amines) is 1. The Balaban J connectivity index is 1.55. The number of rotatable bonds is 7. The second kappa shape index (κ2) is 8.17. The number of ether oxygens (including phenoxy) is 2. The average molecular weight is 373 g/mol. The summed E-state index contributed by atoms with van der Waals surface area (Å²) in [5, 5.41) is 8.00. The lowest BCUT2D eigenvalue weighted by molar-refractivity contribution is 0.0498. The van der Waals surface area contributed by atoms with Crippen LogP contribution in [0, 0.1) is 0 Å². The second-order valence-electron chi connectivity index (χ2n) is 6.40. The minimum absolute atomic E-state index is 0.0190. The van der Waals surface area contributed by atoms with Crippen molar-refractivity contribution in [2.45, 2.75) is 6.04 Å². The molecule has 0 atom stereocenters. The van der Waals surface area contributed by atoms with Crippen molar-refractivity contribution in [1.82, 2.24) is 24.8 Å². The highest BCUT2D eigenvalue weighted by Crippen LogP contribution is 2.23. The zero-order valence-electron chi connectivity index (χ0n) is 15.7. The summed E-state index contributed by atoms with van der Waals surface area (Å²) in [6, 6.07) is 7.04. The van der Waals surface area contributed by atoms with Crippen LogP contribution >= 0.6 is 0 Å². The molecular formula is C18H23N5O4. The van der Waals surface area contributed by atoms with E-state index in [0.717, 1.165) is 0 Å². The fraction of sp³-hybridized carbons (Fsp3) is 0.444. The highest BCUT2D eigenvalue weighted by molar-refractivity contribution is 5.95. The van der Waals surface area contributed by atoms with E-state index in [9.17, 15) is 9.59 Å². The maximum Gasteiger partial charge on any atom is 0.275 e. The van der Waals surface area contributed by atoms with Crippen molar-refractivity contribution in [3.05, 3.63) is 41.7 Å². The van der Waals surface area contributed by atoms with Gasteiger partial charge in [-0.25, -0.2) is 4.68 Å². The molecule has 2 amide bonds. The molecule has 0 spiro atoms. The molecule has 2 heterocycles. The molecule has 9 heteroatoms. The summed E-state index contributed by atoms with van der Waals surface area (Å²) < 4.78 is 11.7. The summed E-state index contributed by atoms with van der Waals surface area (Å²) in [4.78, 5) is 28.0. The van der Waals surface area contributed by atoms with Gasteiger partial charge >= 0.3 is 0 Å². The molecule has 2 aromatic rings. The number of aromatic nitrogens is 3. The van der Waals surface area contributed by atoms with Crippen LogP contribution in [-0.2, 0) is 4.74 Å². The van der Waals surface area contributed by atoms with Gasteiger partial charge in [-0.3, -0.25) is 9.59 Å². The van der Waals surface area contributed by atoms with Gasteiger partial charge in [-0.2, -0.15) is 0 Å². The van der Waals surface area contributed by atoms with Crippen LogP contribution in [0.25, 0.3) is 0 Å². The molecule has 1 fully saturated rings. The van der Waals surface area contributed by atoms with Crippen LogP contribution in [0.15, 0.2) is 30.5 Å². The number of benzene rings is 1. The van der Waals surface area contributed by atoms with Gasteiger partial charge in [0.2, 0.25) is 0 Å². The molecular weight excluding hydrogens is 350 g/mol. The standard InChI is InChI=1S/C18H23N5O4/c1-21(8-9-26-2)18(25)16-12-23(20-19-16)14-10-22(11-14)17(24)13-4-6-15(27-3)7-5-13/h4-7,12,14H,8-11H2,1-3H3. The van der Waals surface area contributed by atoms with Gasteiger partial charge in [0.15, 0.2) is 5.69 Å².